The first-order chi connectivity index (χ1) is 14.3. The lowest BCUT2D eigenvalue weighted by Gasteiger charge is -2.33. The minimum Gasteiger partial charge on any atom is -0.361 e. The average Bonchev–Trinajstić information content (AvgIpc) is 3.17. The lowest BCUT2D eigenvalue weighted by Crippen LogP contribution is -2.44. The van der Waals surface area contributed by atoms with Crippen LogP contribution in [-0.4, -0.2) is 43.7 Å². The van der Waals surface area contributed by atoms with Crippen molar-refractivity contribution in [2.75, 3.05) is 19.3 Å². The number of H-pyrrole nitrogens is 1. The number of carbonyl (C=O) groups is 1. The largest absolute Gasteiger partial charge is 0.361 e. The number of likely N-dealkylation sites (tertiary alicyclic amines) is 1. The van der Waals surface area contributed by atoms with Crippen molar-refractivity contribution in [1.82, 2.24) is 15.2 Å². The van der Waals surface area contributed by atoms with Gasteiger partial charge in [-0.05, 0) is 55.0 Å². The van der Waals surface area contributed by atoms with Gasteiger partial charge in [0.2, 0.25) is 0 Å². The van der Waals surface area contributed by atoms with E-state index in [-0.39, 0.29) is 17.0 Å². The summed E-state index contributed by atoms with van der Waals surface area (Å²) in [6.07, 6.45) is 5.17. The lowest BCUT2D eigenvalue weighted by molar-refractivity contribution is 0.178. The molecule has 0 radical (unpaired) electrons. The number of sulfone groups is 1. The molecule has 1 aromatic heterocycles. The second-order valence-electron chi connectivity index (χ2n) is 8.06. The van der Waals surface area contributed by atoms with Crippen molar-refractivity contribution in [3.8, 4) is 0 Å². The topological polar surface area (TPSA) is 82.3 Å². The molecule has 1 aliphatic heterocycles. The summed E-state index contributed by atoms with van der Waals surface area (Å²) in [6, 6.07) is 14.7. The number of urea groups is 1. The van der Waals surface area contributed by atoms with Gasteiger partial charge in [0.05, 0.1) is 10.9 Å². The number of piperidine rings is 1. The van der Waals surface area contributed by atoms with Crippen molar-refractivity contribution in [3.05, 3.63) is 65.9 Å². The molecule has 0 spiro atoms. The number of rotatable bonds is 4. The minimum absolute atomic E-state index is 0.0768. The van der Waals surface area contributed by atoms with Gasteiger partial charge >= 0.3 is 6.03 Å². The molecule has 6 nitrogen and oxygen atoms in total. The van der Waals surface area contributed by atoms with Crippen LogP contribution in [0.2, 0.25) is 0 Å². The SMILES string of the molecule is CC(NC(=O)N1CCC(c2c[nH]c3ccccc23)CC1)c1ccc(S(C)(=O)=O)cc1. The van der Waals surface area contributed by atoms with Crippen molar-refractivity contribution in [3.63, 3.8) is 0 Å². The number of hydrogen-bond acceptors (Lipinski definition) is 3. The van der Waals surface area contributed by atoms with Gasteiger partial charge in [0.1, 0.15) is 0 Å². The van der Waals surface area contributed by atoms with Crippen LogP contribution in [0.4, 0.5) is 4.79 Å². The molecule has 1 atom stereocenters. The van der Waals surface area contributed by atoms with Crippen molar-refractivity contribution < 1.29 is 13.2 Å². The predicted molar refractivity (Wildman–Crippen MR) is 118 cm³/mol. The maximum absolute atomic E-state index is 12.7. The van der Waals surface area contributed by atoms with Gasteiger partial charge in [0.25, 0.3) is 0 Å². The monoisotopic (exact) mass is 425 g/mol. The third-order valence-electron chi connectivity index (χ3n) is 5.99. The standard InChI is InChI=1S/C23H27N3O3S/c1-16(17-7-9-19(10-8-17)30(2,28)29)25-23(27)26-13-11-18(12-14-26)21-15-24-22-6-4-3-5-20(21)22/h3-10,15-16,18,24H,11-14H2,1-2H3,(H,25,27). The Hall–Kier alpha value is -2.80. The molecule has 1 saturated heterocycles. The highest BCUT2D eigenvalue weighted by Gasteiger charge is 2.26. The van der Waals surface area contributed by atoms with E-state index in [2.05, 4.69) is 34.7 Å². The smallest absolute Gasteiger partial charge is 0.317 e. The maximum atomic E-state index is 12.7. The van der Waals surface area contributed by atoms with Gasteiger partial charge in [-0.25, -0.2) is 13.2 Å². The molecule has 158 valence electrons. The Kier molecular flexibility index (Phi) is 5.56. The summed E-state index contributed by atoms with van der Waals surface area (Å²) in [6.45, 7) is 3.34. The molecule has 0 aliphatic carbocycles. The van der Waals surface area contributed by atoms with Gasteiger partial charge in [-0.2, -0.15) is 0 Å². The summed E-state index contributed by atoms with van der Waals surface area (Å²) in [7, 11) is -3.22. The highest BCUT2D eigenvalue weighted by molar-refractivity contribution is 7.90. The van der Waals surface area contributed by atoms with E-state index in [1.807, 2.05) is 17.9 Å². The molecular weight excluding hydrogens is 398 g/mol. The molecule has 1 fully saturated rings. The summed E-state index contributed by atoms with van der Waals surface area (Å²) in [4.78, 5) is 18.2. The number of para-hydroxylation sites is 1. The number of fused-ring (bicyclic) bond motifs is 1. The van der Waals surface area contributed by atoms with Crippen molar-refractivity contribution in [1.29, 1.82) is 0 Å². The molecule has 2 N–H and O–H groups in total. The van der Waals surface area contributed by atoms with Crippen molar-refractivity contribution in [2.24, 2.45) is 0 Å². The first-order valence-electron chi connectivity index (χ1n) is 10.2. The number of amides is 2. The van der Waals surface area contributed by atoms with E-state index in [1.165, 1.54) is 17.2 Å². The Morgan fingerprint density at radius 2 is 1.77 bits per heavy atom. The Morgan fingerprint density at radius 3 is 2.43 bits per heavy atom. The number of nitrogens with one attached hydrogen (secondary N) is 2. The van der Waals surface area contributed by atoms with Crippen molar-refractivity contribution in [2.45, 2.75) is 36.6 Å². The van der Waals surface area contributed by atoms with Crippen LogP contribution in [0.25, 0.3) is 10.9 Å². The average molecular weight is 426 g/mol. The van der Waals surface area contributed by atoms with Crippen LogP contribution in [0.3, 0.4) is 0 Å². The van der Waals surface area contributed by atoms with Gasteiger partial charge in [-0.3, -0.25) is 0 Å². The van der Waals surface area contributed by atoms with Gasteiger partial charge in [-0.15, -0.1) is 0 Å². The van der Waals surface area contributed by atoms with Crippen LogP contribution < -0.4 is 5.32 Å². The fourth-order valence-electron chi connectivity index (χ4n) is 4.19. The van der Waals surface area contributed by atoms with Crippen LogP contribution >= 0.6 is 0 Å². The molecule has 1 unspecified atom stereocenters. The number of hydrogen-bond donors (Lipinski definition) is 2. The van der Waals surface area contributed by atoms with E-state index in [0.717, 1.165) is 37.0 Å². The van der Waals surface area contributed by atoms with E-state index in [0.29, 0.717) is 5.92 Å². The zero-order valence-corrected chi connectivity index (χ0v) is 18.1. The van der Waals surface area contributed by atoms with Gasteiger partial charge in [0, 0.05) is 36.4 Å². The second-order valence-corrected chi connectivity index (χ2v) is 10.1. The summed E-state index contributed by atoms with van der Waals surface area (Å²) in [5, 5.41) is 4.30. The highest BCUT2D eigenvalue weighted by Crippen LogP contribution is 2.33. The predicted octanol–water partition coefficient (Wildman–Crippen LogP) is 4.22. The molecule has 0 bridgehead atoms. The fourth-order valence-corrected chi connectivity index (χ4v) is 4.82. The third kappa shape index (κ3) is 4.21. The molecule has 0 saturated carbocycles. The maximum Gasteiger partial charge on any atom is 0.317 e. The Labute approximate surface area is 177 Å². The molecule has 1 aliphatic rings. The number of aromatic amines is 1. The fraction of sp³-hybridized carbons (Fsp3) is 0.348. The van der Waals surface area contributed by atoms with E-state index >= 15 is 0 Å². The molecule has 2 aromatic carbocycles. The van der Waals surface area contributed by atoms with Crippen LogP contribution in [0.5, 0.6) is 0 Å². The van der Waals surface area contributed by atoms with Crippen LogP contribution in [0, 0.1) is 0 Å². The second kappa shape index (κ2) is 8.14. The zero-order valence-electron chi connectivity index (χ0n) is 17.3. The molecule has 7 heteroatoms. The molecule has 3 aromatic rings. The number of nitrogens with zero attached hydrogens (tertiary/aromatic N) is 1. The minimum atomic E-state index is -3.22. The molecule has 4 rings (SSSR count). The summed E-state index contributed by atoms with van der Waals surface area (Å²) < 4.78 is 23.2. The molecule has 2 amide bonds. The molecular formula is C23H27N3O3S. The number of benzene rings is 2. The van der Waals surface area contributed by atoms with Gasteiger partial charge in [-0.1, -0.05) is 30.3 Å². The first kappa shape index (κ1) is 20.5. The van der Waals surface area contributed by atoms with Crippen LogP contribution in [-0.2, 0) is 9.84 Å². The molecule has 2 heterocycles. The summed E-state index contributed by atoms with van der Waals surface area (Å²) >= 11 is 0. The van der Waals surface area contributed by atoms with E-state index in [4.69, 9.17) is 0 Å². The molecule has 30 heavy (non-hydrogen) atoms. The number of carbonyl (C=O) groups excluding carboxylic acids is 1. The Morgan fingerprint density at radius 1 is 1.10 bits per heavy atom. The van der Waals surface area contributed by atoms with Crippen LogP contribution in [0.1, 0.15) is 42.9 Å². The highest BCUT2D eigenvalue weighted by atomic mass is 32.2. The van der Waals surface area contributed by atoms with Crippen molar-refractivity contribution >= 4 is 26.8 Å². The Balaban J connectivity index is 1.35. The Bertz CT molecular complexity index is 1140. The van der Waals surface area contributed by atoms with E-state index in [1.54, 1.807) is 24.3 Å². The van der Waals surface area contributed by atoms with Gasteiger partial charge < -0.3 is 15.2 Å². The summed E-state index contributed by atoms with van der Waals surface area (Å²) in [5.74, 6) is 0.450. The number of aromatic nitrogens is 1. The summed E-state index contributed by atoms with van der Waals surface area (Å²) in [5.41, 5.74) is 3.37. The lowest BCUT2D eigenvalue weighted by atomic mass is 9.89. The van der Waals surface area contributed by atoms with Gasteiger partial charge in [0.15, 0.2) is 9.84 Å². The van der Waals surface area contributed by atoms with Crippen LogP contribution in [0.15, 0.2) is 59.6 Å². The van der Waals surface area contributed by atoms with E-state index in [9.17, 15) is 13.2 Å². The normalized spacial score (nSPS) is 16.5. The van der Waals surface area contributed by atoms with E-state index < -0.39 is 9.84 Å². The zero-order chi connectivity index (χ0) is 21.3. The third-order valence-corrected chi connectivity index (χ3v) is 7.12. The first-order valence-corrected chi connectivity index (χ1v) is 12.1. The quantitative estimate of drug-likeness (QED) is 0.657.